The van der Waals surface area contributed by atoms with Gasteiger partial charge in [0, 0.05) is 31.2 Å². The van der Waals surface area contributed by atoms with Crippen molar-refractivity contribution >= 4 is 31.1 Å². The number of amides is 2. The van der Waals surface area contributed by atoms with Gasteiger partial charge in [0.2, 0.25) is 0 Å². The van der Waals surface area contributed by atoms with E-state index in [1.54, 1.807) is 12.1 Å². The maximum atomic E-state index is 13.1. The van der Waals surface area contributed by atoms with E-state index in [9.17, 15) is 14.2 Å². The Bertz CT molecular complexity index is 849. The third-order valence-corrected chi connectivity index (χ3v) is 7.25. The zero-order valence-electron chi connectivity index (χ0n) is 16.7. The Morgan fingerprint density at radius 3 is 1.77 bits per heavy atom. The van der Waals surface area contributed by atoms with Crippen molar-refractivity contribution in [1.29, 1.82) is 0 Å². The van der Waals surface area contributed by atoms with Gasteiger partial charge >= 0.3 is 7.67 Å². The van der Waals surface area contributed by atoms with Crippen LogP contribution in [0.5, 0.6) is 5.75 Å². The van der Waals surface area contributed by atoms with E-state index >= 15 is 0 Å². The van der Waals surface area contributed by atoms with Crippen LogP contribution < -0.4 is 14.7 Å². The minimum Gasteiger partial charge on any atom is -0.414 e. The van der Waals surface area contributed by atoms with Gasteiger partial charge in [-0.25, -0.2) is 4.57 Å². The summed E-state index contributed by atoms with van der Waals surface area (Å²) in [6.45, 7) is 3.20. The second-order valence-electron chi connectivity index (χ2n) is 7.77. The summed E-state index contributed by atoms with van der Waals surface area (Å²) in [5, 5.41) is 5.32. The summed E-state index contributed by atoms with van der Waals surface area (Å²) in [6.07, 6.45) is 6.36. The highest BCUT2D eigenvalue weighted by Gasteiger charge is 2.43. The molecule has 162 valence electrons. The average Bonchev–Trinajstić information content (AvgIpc) is 2.73. The van der Waals surface area contributed by atoms with Gasteiger partial charge in [0.1, 0.15) is 17.1 Å². The summed E-state index contributed by atoms with van der Waals surface area (Å²) in [6, 6.07) is 6.21. The van der Waals surface area contributed by atoms with E-state index in [0.29, 0.717) is 10.8 Å². The molecule has 0 atom stereocenters. The standard InChI is InChI=1S/C20H26ClN4O4P/c21-15-7-9-16(10-8-15)29-30(28)22-18(26)17(19(27)23-30)20(24-11-3-1-4-12-24)25-13-5-2-6-14-25/h7-10H,1-6,11-14H2,(H2,22,23,26,27,28). The number of carbonyl (C=O) groups excluding carboxylic acids is 2. The predicted molar refractivity (Wildman–Crippen MR) is 114 cm³/mol. The molecule has 3 aliphatic heterocycles. The molecule has 30 heavy (non-hydrogen) atoms. The molecule has 0 aliphatic carbocycles. The molecule has 0 bridgehead atoms. The Hall–Kier alpha value is -2.18. The van der Waals surface area contributed by atoms with Gasteiger partial charge in [-0.2, -0.15) is 0 Å². The van der Waals surface area contributed by atoms with E-state index in [-0.39, 0.29) is 11.3 Å². The number of nitrogens with zero attached hydrogens (tertiary/aromatic N) is 2. The third kappa shape index (κ3) is 4.60. The highest BCUT2D eigenvalue weighted by molar-refractivity contribution is 7.57. The van der Waals surface area contributed by atoms with Crippen LogP contribution in [0.4, 0.5) is 0 Å². The maximum Gasteiger partial charge on any atom is 0.449 e. The Kier molecular flexibility index (Phi) is 6.25. The first-order chi connectivity index (χ1) is 14.5. The second-order valence-corrected chi connectivity index (χ2v) is 9.94. The first-order valence-corrected chi connectivity index (χ1v) is 12.4. The third-order valence-electron chi connectivity index (χ3n) is 5.53. The molecular weight excluding hydrogens is 427 g/mol. The van der Waals surface area contributed by atoms with Crippen molar-refractivity contribution in [3.63, 3.8) is 0 Å². The van der Waals surface area contributed by atoms with Gasteiger partial charge in [0.15, 0.2) is 0 Å². The molecule has 10 heteroatoms. The lowest BCUT2D eigenvalue weighted by atomic mass is 10.1. The molecule has 0 spiro atoms. The van der Waals surface area contributed by atoms with Crippen molar-refractivity contribution in [2.24, 2.45) is 0 Å². The van der Waals surface area contributed by atoms with Gasteiger partial charge in [0.05, 0.1) is 0 Å². The first-order valence-electron chi connectivity index (χ1n) is 10.4. The van der Waals surface area contributed by atoms with Crippen molar-refractivity contribution in [2.75, 3.05) is 26.2 Å². The minimum atomic E-state index is -3.93. The average molecular weight is 453 g/mol. The highest BCUT2D eigenvalue weighted by atomic mass is 35.5. The van der Waals surface area contributed by atoms with E-state index in [2.05, 4.69) is 20.0 Å². The second kappa shape index (κ2) is 8.90. The first kappa shape index (κ1) is 21.1. The molecule has 3 heterocycles. The van der Waals surface area contributed by atoms with Crippen LogP contribution in [0, 0.1) is 0 Å². The molecule has 2 N–H and O–H groups in total. The number of nitrogens with one attached hydrogen (secondary N) is 2. The summed E-state index contributed by atoms with van der Waals surface area (Å²) in [5.74, 6) is -0.436. The van der Waals surface area contributed by atoms with E-state index in [1.165, 1.54) is 12.1 Å². The van der Waals surface area contributed by atoms with Gasteiger partial charge in [-0.3, -0.25) is 19.8 Å². The Morgan fingerprint density at radius 1 is 0.833 bits per heavy atom. The van der Waals surface area contributed by atoms with Crippen LogP contribution in [-0.2, 0) is 14.2 Å². The van der Waals surface area contributed by atoms with Gasteiger partial charge < -0.3 is 14.3 Å². The van der Waals surface area contributed by atoms with Gasteiger partial charge in [-0.15, -0.1) is 0 Å². The van der Waals surface area contributed by atoms with Crippen molar-refractivity contribution in [3.05, 3.63) is 40.7 Å². The lowest BCUT2D eigenvalue weighted by Crippen LogP contribution is -2.50. The fourth-order valence-corrected chi connectivity index (χ4v) is 5.58. The van der Waals surface area contributed by atoms with Crippen molar-refractivity contribution in [2.45, 2.75) is 38.5 Å². The monoisotopic (exact) mass is 452 g/mol. The Morgan fingerprint density at radius 2 is 1.30 bits per heavy atom. The predicted octanol–water partition coefficient (Wildman–Crippen LogP) is 3.26. The molecule has 0 saturated carbocycles. The van der Waals surface area contributed by atoms with Crippen molar-refractivity contribution in [3.8, 4) is 5.75 Å². The fourth-order valence-electron chi connectivity index (χ4n) is 4.13. The smallest absolute Gasteiger partial charge is 0.414 e. The van der Waals surface area contributed by atoms with Crippen LogP contribution in [0.25, 0.3) is 0 Å². The molecule has 4 rings (SSSR count). The molecule has 3 aliphatic rings. The van der Waals surface area contributed by atoms with Gasteiger partial charge in [-0.1, -0.05) is 11.6 Å². The molecule has 3 saturated heterocycles. The number of rotatable bonds is 4. The number of hydrogen-bond donors (Lipinski definition) is 2. The lowest BCUT2D eigenvalue weighted by molar-refractivity contribution is -0.123. The quantitative estimate of drug-likeness (QED) is 0.414. The summed E-state index contributed by atoms with van der Waals surface area (Å²) >= 11 is 5.86. The van der Waals surface area contributed by atoms with Crippen LogP contribution in [0.3, 0.4) is 0 Å². The zero-order valence-corrected chi connectivity index (χ0v) is 18.4. The van der Waals surface area contributed by atoms with Crippen LogP contribution in [0.1, 0.15) is 38.5 Å². The Labute approximate surface area is 181 Å². The van der Waals surface area contributed by atoms with Crippen LogP contribution in [0.15, 0.2) is 35.7 Å². The van der Waals surface area contributed by atoms with Crippen LogP contribution in [-0.4, -0.2) is 47.8 Å². The van der Waals surface area contributed by atoms with Crippen molar-refractivity contribution in [1.82, 2.24) is 20.0 Å². The maximum absolute atomic E-state index is 13.1. The summed E-state index contributed by atoms with van der Waals surface area (Å²) in [4.78, 5) is 30.3. The molecule has 1 aromatic rings. The summed E-state index contributed by atoms with van der Waals surface area (Å²) in [7, 11) is -3.93. The Balaban J connectivity index is 1.62. The highest BCUT2D eigenvalue weighted by Crippen LogP contribution is 2.42. The number of carbonyl (C=O) groups is 2. The number of piperidine rings is 2. The zero-order chi connectivity index (χ0) is 21.1. The van der Waals surface area contributed by atoms with Crippen molar-refractivity contribution < 1.29 is 18.7 Å². The molecule has 0 aromatic heterocycles. The number of hydrogen-bond acceptors (Lipinski definition) is 6. The molecule has 2 amide bonds. The van der Waals surface area contributed by atoms with Gasteiger partial charge in [-0.05, 0) is 62.8 Å². The normalized spacial score (nSPS) is 24.9. The van der Waals surface area contributed by atoms with Crippen LogP contribution in [0.2, 0.25) is 5.02 Å². The van der Waals surface area contributed by atoms with E-state index < -0.39 is 19.5 Å². The number of likely N-dealkylation sites (tertiary alicyclic amines) is 2. The fraction of sp³-hybridized carbons (Fsp3) is 0.500. The molecule has 3 fully saturated rings. The number of benzene rings is 1. The molecular formula is C20H26ClN4O4P. The summed E-state index contributed by atoms with van der Waals surface area (Å²) in [5.41, 5.74) is 0.0185. The molecule has 8 nitrogen and oxygen atoms in total. The lowest BCUT2D eigenvalue weighted by Gasteiger charge is -2.41. The molecule has 0 radical (unpaired) electrons. The van der Waals surface area contributed by atoms with E-state index in [0.717, 1.165) is 64.7 Å². The number of halogens is 1. The molecule has 1 aromatic carbocycles. The van der Waals surface area contributed by atoms with Crippen LogP contribution >= 0.6 is 19.3 Å². The molecule has 0 unspecified atom stereocenters. The van der Waals surface area contributed by atoms with E-state index in [4.69, 9.17) is 16.1 Å². The summed E-state index contributed by atoms with van der Waals surface area (Å²) < 4.78 is 18.5. The minimum absolute atomic E-state index is 0.0185. The topological polar surface area (TPSA) is 91.0 Å². The van der Waals surface area contributed by atoms with E-state index in [1.807, 2.05) is 0 Å². The SMILES string of the molecule is O=C1NP(=O)(Oc2ccc(Cl)cc2)NC(=O)C1=C(N1CCCCC1)N1CCCCC1. The largest absolute Gasteiger partial charge is 0.449 e. The van der Waals surface area contributed by atoms with Gasteiger partial charge in [0.25, 0.3) is 11.8 Å².